The van der Waals surface area contributed by atoms with Crippen molar-refractivity contribution in [1.82, 2.24) is 25.3 Å². The van der Waals surface area contributed by atoms with Gasteiger partial charge in [0.15, 0.2) is 5.65 Å². The fourth-order valence-electron chi connectivity index (χ4n) is 1.26. The maximum Gasteiger partial charge on any atom is 0.200 e. The molecule has 0 saturated carbocycles. The predicted octanol–water partition coefficient (Wildman–Crippen LogP) is 0.524. The molecule has 7 nitrogen and oxygen atoms in total. The highest BCUT2D eigenvalue weighted by molar-refractivity contribution is 5.41. The predicted molar refractivity (Wildman–Crippen MR) is 62.7 cm³/mol. The molecule has 0 aliphatic carbocycles. The van der Waals surface area contributed by atoms with Gasteiger partial charge in [0.1, 0.15) is 5.82 Å². The van der Waals surface area contributed by atoms with Crippen molar-refractivity contribution in [3.63, 3.8) is 0 Å². The normalized spacial score (nSPS) is 10.6. The van der Waals surface area contributed by atoms with Crippen LogP contribution in [0.25, 0.3) is 5.65 Å². The Balaban J connectivity index is 1.76. The third kappa shape index (κ3) is 3.22. The molecule has 7 heteroatoms. The fourth-order valence-corrected chi connectivity index (χ4v) is 1.26. The Bertz CT molecular complexity index is 482. The first-order chi connectivity index (χ1) is 8.40. The summed E-state index contributed by atoms with van der Waals surface area (Å²) in [5.41, 5.74) is 0.623. The van der Waals surface area contributed by atoms with Crippen LogP contribution in [0.4, 0.5) is 5.82 Å². The maximum absolute atomic E-state index is 5.36. The van der Waals surface area contributed by atoms with Crippen LogP contribution in [0.2, 0.25) is 0 Å². The number of anilines is 1. The van der Waals surface area contributed by atoms with E-state index in [2.05, 4.69) is 32.5 Å². The van der Waals surface area contributed by atoms with Crippen LogP contribution in [0.5, 0.6) is 0 Å². The molecule has 0 bridgehead atoms. The maximum atomic E-state index is 5.36. The van der Waals surface area contributed by atoms with Crippen molar-refractivity contribution in [2.45, 2.75) is 6.42 Å². The molecule has 90 valence electrons. The van der Waals surface area contributed by atoms with E-state index < -0.39 is 0 Å². The molecule has 2 aromatic rings. The Morgan fingerprint density at radius 2 is 2.35 bits per heavy atom. The van der Waals surface area contributed by atoms with Gasteiger partial charge >= 0.3 is 0 Å². The number of aromatic nitrogens is 5. The van der Waals surface area contributed by atoms with E-state index in [1.54, 1.807) is 6.07 Å². The lowest BCUT2D eigenvalue weighted by molar-refractivity contribution is 0.149. The number of rotatable bonds is 7. The van der Waals surface area contributed by atoms with Crippen LogP contribution in [0.3, 0.4) is 0 Å². The van der Waals surface area contributed by atoms with Crippen molar-refractivity contribution in [2.24, 2.45) is 0 Å². The van der Waals surface area contributed by atoms with Crippen molar-refractivity contribution < 1.29 is 4.74 Å². The number of ether oxygens (including phenoxy) is 1. The van der Waals surface area contributed by atoms with Crippen LogP contribution < -0.4 is 5.32 Å². The Labute approximate surface area is 98.5 Å². The zero-order valence-corrected chi connectivity index (χ0v) is 9.41. The van der Waals surface area contributed by atoms with Gasteiger partial charge in [-0.1, -0.05) is 6.08 Å². The molecule has 0 amide bonds. The minimum absolute atomic E-state index is 0.623. The smallest absolute Gasteiger partial charge is 0.200 e. The molecule has 0 aliphatic heterocycles. The molecule has 0 spiro atoms. The first-order valence-corrected chi connectivity index (χ1v) is 5.38. The van der Waals surface area contributed by atoms with Gasteiger partial charge in [0, 0.05) is 6.54 Å². The third-order valence-corrected chi connectivity index (χ3v) is 2.09. The van der Waals surface area contributed by atoms with Crippen LogP contribution in [-0.4, -0.2) is 45.0 Å². The van der Waals surface area contributed by atoms with Gasteiger partial charge in [0.25, 0.3) is 0 Å². The Kier molecular flexibility index (Phi) is 3.98. The van der Waals surface area contributed by atoms with Crippen LogP contribution in [0, 0.1) is 0 Å². The van der Waals surface area contributed by atoms with Gasteiger partial charge in [-0.05, 0) is 29.0 Å². The number of hydrogen-bond donors (Lipinski definition) is 1. The van der Waals surface area contributed by atoms with E-state index in [1.807, 2.05) is 12.1 Å². The molecule has 0 saturated heterocycles. The minimum Gasteiger partial charge on any atom is -0.379 e. The SMILES string of the molecule is C=CCCOCCNc1ccc2nnnn2n1. The lowest BCUT2D eigenvalue weighted by Gasteiger charge is -2.05. The molecule has 0 atom stereocenters. The summed E-state index contributed by atoms with van der Waals surface area (Å²) >= 11 is 0. The molecule has 0 unspecified atom stereocenters. The van der Waals surface area contributed by atoms with Crippen LogP contribution >= 0.6 is 0 Å². The highest BCUT2D eigenvalue weighted by atomic mass is 16.5. The summed E-state index contributed by atoms with van der Waals surface area (Å²) in [5.74, 6) is 0.720. The van der Waals surface area contributed by atoms with Gasteiger partial charge < -0.3 is 10.1 Å². The third-order valence-electron chi connectivity index (χ3n) is 2.09. The minimum atomic E-state index is 0.623. The van der Waals surface area contributed by atoms with Crippen molar-refractivity contribution in [2.75, 3.05) is 25.1 Å². The number of tetrazole rings is 1. The number of hydrogen-bond acceptors (Lipinski definition) is 6. The molecule has 1 N–H and O–H groups in total. The second kappa shape index (κ2) is 5.90. The van der Waals surface area contributed by atoms with Gasteiger partial charge in [-0.25, -0.2) is 0 Å². The number of fused-ring (bicyclic) bond motifs is 1. The highest BCUT2D eigenvalue weighted by Crippen LogP contribution is 2.02. The molecular formula is C10H14N6O. The molecule has 17 heavy (non-hydrogen) atoms. The summed E-state index contributed by atoms with van der Waals surface area (Å²) in [6, 6.07) is 3.63. The topological polar surface area (TPSA) is 77.2 Å². The summed E-state index contributed by atoms with van der Waals surface area (Å²) in [7, 11) is 0. The molecule has 0 aliphatic rings. The Morgan fingerprint density at radius 1 is 1.41 bits per heavy atom. The lowest BCUT2D eigenvalue weighted by atomic mass is 10.4. The Hall–Kier alpha value is -2.02. The highest BCUT2D eigenvalue weighted by Gasteiger charge is 1.99. The fraction of sp³-hybridized carbons (Fsp3) is 0.400. The average Bonchev–Trinajstić information content (AvgIpc) is 2.81. The lowest BCUT2D eigenvalue weighted by Crippen LogP contribution is -2.12. The van der Waals surface area contributed by atoms with Gasteiger partial charge in [0.05, 0.1) is 13.2 Å². The summed E-state index contributed by atoms with van der Waals surface area (Å²) in [6.07, 6.45) is 2.70. The van der Waals surface area contributed by atoms with Gasteiger partial charge in [0.2, 0.25) is 0 Å². The number of nitrogens with one attached hydrogen (secondary N) is 1. The molecule has 2 rings (SSSR count). The quantitative estimate of drug-likeness (QED) is 0.556. The summed E-state index contributed by atoms with van der Waals surface area (Å²) in [4.78, 5) is 0. The van der Waals surface area contributed by atoms with Crippen LogP contribution in [-0.2, 0) is 4.74 Å². The van der Waals surface area contributed by atoms with E-state index in [0.29, 0.717) is 25.4 Å². The van der Waals surface area contributed by atoms with E-state index in [0.717, 1.165) is 12.2 Å². The van der Waals surface area contributed by atoms with E-state index in [1.165, 1.54) is 4.63 Å². The van der Waals surface area contributed by atoms with Crippen molar-refractivity contribution in [1.29, 1.82) is 0 Å². The van der Waals surface area contributed by atoms with Crippen LogP contribution in [0.1, 0.15) is 6.42 Å². The van der Waals surface area contributed by atoms with Crippen LogP contribution in [0.15, 0.2) is 24.8 Å². The molecule has 2 heterocycles. The molecule has 0 fully saturated rings. The molecule has 0 radical (unpaired) electrons. The number of nitrogens with zero attached hydrogens (tertiary/aromatic N) is 5. The summed E-state index contributed by atoms with van der Waals surface area (Å²) in [5, 5.41) is 18.3. The van der Waals surface area contributed by atoms with E-state index in [-0.39, 0.29) is 0 Å². The van der Waals surface area contributed by atoms with E-state index >= 15 is 0 Å². The van der Waals surface area contributed by atoms with Crippen molar-refractivity contribution in [3.05, 3.63) is 24.8 Å². The molecular weight excluding hydrogens is 220 g/mol. The molecule has 2 aromatic heterocycles. The first-order valence-electron chi connectivity index (χ1n) is 5.38. The van der Waals surface area contributed by atoms with E-state index in [4.69, 9.17) is 4.74 Å². The largest absolute Gasteiger partial charge is 0.379 e. The average molecular weight is 234 g/mol. The monoisotopic (exact) mass is 234 g/mol. The Morgan fingerprint density at radius 3 is 3.24 bits per heavy atom. The van der Waals surface area contributed by atoms with Gasteiger partial charge in [-0.2, -0.15) is 0 Å². The standard InChI is InChI=1S/C10H14N6O/c1-2-3-7-17-8-6-11-9-4-5-10-12-14-15-16(10)13-9/h2,4-5H,1,3,6-8H2,(H,11,13). The van der Waals surface area contributed by atoms with E-state index in [9.17, 15) is 0 Å². The first kappa shape index (κ1) is 11.5. The van der Waals surface area contributed by atoms with Crippen molar-refractivity contribution >= 4 is 11.5 Å². The van der Waals surface area contributed by atoms with Gasteiger partial charge in [-0.15, -0.1) is 21.4 Å². The summed E-state index contributed by atoms with van der Waals surface area (Å²) < 4.78 is 6.74. The zero-order chi connectivity index (χ0) is 11.9. The zero-order valence-electron chi connectivity index (χ0n) is 9.41. The van der Waals surface area contributed by atoms with Gasteiger partial charge in [-0.3, -0.25) is 0 Å². The van der Waals surface area contributed by atoms with Crippen molar-refractivity contribution in [3.8, 4) is 0 Å². The second-order valence-electron chi connectivity index (χ2n) is 3.36. The summed E-state index contributed by atoms with van der Waals surface area (Å²) in [6.45, 7) is 5.64. The molecule has 0 aromatic carbocycles. The second-order valence-corrected chi connectivity index (χ2v) is 3.36.